The van der Waals surface area contributed by atoms with Crippen molar-refractivity contribution in [1.29, 1.82) is 0 Å². The summed E-state index contributed by atoms with van der Waals surface area (Å²) in [5.41, 5.74) is 7.29. The summed E-state index contributed by atoms with van der Waals surface area (Å²) in [6.45, 7) is 3.19. The van der Waals surface area contributed by atoms with Crippen LogP contribution in [0.4, 0.5) is 17.3 Å². The third-order valence-electron chi connectivity index (χ3n) is 2.80. The number of carbonyl (C=O) groups excluding carboxylic acids is 1. The molecule has 0 bridgehead atoms. The Morgan fingerprint density at radius 2 is 2.00 bits per heavy atom. The summed E-state index contributed by atoms with van der Waals surface area (Å²) >= 11 is 6.01. The largest absolute Gasteiger partial charge is 0.458 e. The zero-order valence-electron chi connectivity index (χ0n) is 11.6. The van der Waals surface area contributed by atoms with Crippen LogP contribution in [0.25, 0.3) is 0 Å². The van der Waals surface area contributed by atoms with Crippen LogP contribution in [0.15, 0.2) is 30.6 Å². The maximum absolute atomic E-state index is 10.9. The van der Waals surface area contributed by atoms with Gasteiger partial charge in [-0.2, -0.15) is 0 Å². The van der Waals surface area contributed by atoms with Crippen LogP contribution < -0.4 is 11.1 Å². The first kappa shape index (κ1) is 15.1. The van der Waals surface area contributed by atoms with Gasteiger partial charge in [-0.15, -0.1) is 0 Å². The van der Waals surface area contributed by atoms with Crippen molar-refractivity contribution in [2.24, 2.45) is 0 Å². The van der Waals surface area contributed by atoms with Crippen molar-refractivity contribution in [1.82, 2.24) is 9.97 Å². The van der Waals surface area contributed by atoms with Gasteiger partial charge in [0.05, 0.1) is 0 Å². The van der Waals surface area contributed by atoms with E-state index in [2.05, 4.69) is 15.3 Å². The first-order valence-electron chi connectivity index (χ1n) is 6.27. The molecule has 110 valence electrons. The molecule has 0 saturated carbocycles. The van der Waals surface area contributed by atoms with Gasteiger partial charge in [-0.25, -0.2) is 9.97 Å². The van der Waals surface area contributed by atoms with Crippen molar-refractivity contribution in [3.8, 4) is 0 Å². The van der Waals surface area contributed by atoms with Gasteiger partial charge in [0.15, 0.2) is 5.82 Å². The van der Waals surface area contributed by atoms with E-state index >= 15 is 0 Å². The standard InChI is InChI=1S/C14H15ClN4O2/c1-8(21-9(2)20)10-3-5-11(6-4-10)19-14-12(15)13(16)17-7-18-14/h3-8H,1-2H3,(H3,16,17,18,19). The van der Waals surface area contributed by atoms with Crippen LogP contribution in [-0.4, -0.2) is 15.9 Å². The van der Waals surface area contributed by atoms with Crippen LogP contribution in [0, 0.1) is 0 Å². The van der Waals surface area contributed by atoms with Crippen LogP contribution in [0.1, 0.15) is 25.5 Å². The molecule has 2 rings (SSSR count). The molecule has 1 heterocycles. The summed E-state index contributed by atoms with van der Waals surface area (Å²) in [4.78, 5) is 18.7. The number of rotatable bonds is 4. The quantitative estimate of drug-likeness (QED) is 0.844. The monoisotopic (exact) mass is 306 g/mol. The van der Waals surface area contributed by atoms with E-state index in [1.807, 2.05) is 31.2 Å². The second-order valence-electron chi connectivity index (χ2n) is 4.42. The maximum Gasteiger partial charge on any atom is 0.303 e. The van der Waals surface area contributed by atoms with Crippen LogP contribution in [-0.2, 0) is 9.53 Å². The SMILES string of the molecule is CC(=O)OC(C)c1ccc(Nc2ncnc(N)c2Cl)cc1. The first-order valence-corrected chi connectivity index (χ1v) is 6.65. The van der Waals surface area contributed by atoms with Gasteiger partial charge in [0, 0.05) is 12.6 Å². The molecular weight excluding hydrogens is 292 g/mol. The van der Waals surface area contributed by atoms with Gasteiger partial charge in [0.2, 0.25) is 0 Å². The maximum atomic E-state index is 10.9. The second-order valence-corrected chi connectivity index (χ2v) is 4.80. The van der Waals surface area contributed by atoms with E-state index in [9.17, 15) is 4.79 Å². The summed E-state index contributed by atoms with van der Waals surface area (Å²) in [5.74, 6) is 0.340. The molecule has 0 saturated heterocycles. The molecule has 1 unspecified atom stereocenters. The molecule has 0 aliphatic carbocycles. The second kappa shape index (κ2) is 6.41. The van der Waals surface area contributed by atoms with Gasteiger partial charge in [-0.1, -0.05) is 23.7 Å². The first-order chi connectivity index (χ1) is 9.97. The molecule has 1 atom stereocenters. The normalized spacial score (nSPS) is 11.8. The number of nitrogens with zero attached hydrogens (tertiary/aromatic N) is 2. The Kier molecular flexibility index (Phi) is 4.59. The van der Waals surface area contributed by atoms with Gasteiger partial charge >= 0.3 is 5.97 Å². The number of carbonyl (C=O) groups is 1. The molecular formula is C14H15ClN4O2. The molecule has 0 aliphatic heterocycles. The van der Waals surface area contributed by atoms with Crippen LogP contribution in [0.3, 0.4) is 0 Å². The molecule has 1 aromatic heterocycles. The van der Waals surface area contributed by atoms with E-state index in [4.69, 9.17) is 22.1 Å². The van der Waals surface area contributed by atoms with Crippen molar-refractivity contribution >= 4 is 34.9 Å². The molecule has 1 aromatic carbocycles. The molecule has 0 spiro atoms. The Hall–Kier alpha value is -2.34. The average molecular weight is 307 g/mol. The van der Waals surface area contributed by atoms with E-state index in [-0.39, 0.29) is 22.9 Å². The number of anilines is 3. The molecule has 6 nitrogen and oxygen atoms in total. The minimum atomic E-state index is -0.312. The Labute approximate surface area is 127 Å². The fourth-order valence-electron chi connectivity index (χ4n) is 1.76. The van der Waals surface area contributed by atoms with E-state index in [1.165, 1.54) is 13.3 Å². The zero-order chi connectivity index (χ0) is 15.4. The molecule has 0 amide bonds. The smallest absolute Gasteiger partial charge is 0.303 e. The number of nitrogens with two attached hydrogens (primary N) is 1. The molecule has 21 heavy (non-hydrogen) atoms. The van der Waals surface area contributed by atoms with Gasteiger partial charge in [-0.05, 0) is 24.6 Å². The predicted octanol–water partition coefficient (Wildman–Crippen LogP) is 3.08. The van der Waals surface area contributed by atoms with Crippen LogP contribution in [0.2, 0.25) is 5.02 Å². The summed E-state index contributed by atoms with van der Waals surface area (Å²) in [7, 11) is 0. The van der Waals surface area contributed by atoms with Gasteiger partial charge in [0.1, 0.15) is 23.3 Å². The fourth-order valence-corrected chi connectivity index (χ4v) is 1.91. The van der Waals surface area contributed by atoms with E-state index < -0.39 is 0 Å². The molecule has 2 aromatic rings. The molecule has 7 heteroatoms. The van der Waals surface area contributed by atoms with E-state index in [0.29, 0.717) is 5.82 Å². The number of benzene rings is 1. The Bertz CT molecular complexity index is 646. The summed E-state index contributed by atoms with van der Waals surface area (Å²) in [6, 6.07) is 7.39. The number of nitrogen functional groups attached to an aromatic ring is 1. The third kappa shape index (κ3) is 3.82. The Morgan fingerprint density at radius 1 is 1.33 bits per heavy atom. The fraction of sp³-hybridized carbons (Fsp3) is 0.214. The number of nitrogens with one attached hydrogen (secondary N) is 1. The lowest BCUT2D eigenvalue weighted by Crippen LogP contribution is -2.05. The Balaban J connectivity index is 2.12. The average Bonchev–Trinajstić information content (AvgIpc) is 2.44. The molecule has 0 fully saturated rings. The molecule has 0 radical (unpaired) electrons. The Morgan fingerprint density at radius 3 is 2.62 bits per heavy atom. The lowest BCUT2D eigenvalue weighted by atomic mass is 10.1. The van der Waals surface area contributed by atoms with Crippen LogP contribution in [0.5, 0.6) is 0 Å². The van der Waals surface area contributed by atoms with Gasteiger partial charge < -0.3 is 15.8 Å². The minimum Gasteiger partial charge on any atom is -0.458 e. The highest BCUT2D eigenvalue weighted by Gasteiger charge is 2.09. The minimum absolute atomic E-state index is 0.217. The highest BCUT2D eigenvalue weighted by atomic mass is 35.5. The van der Waals surface area contributed by atoms with Gasteiger partial charge in [0.25, 0.3) is 0 Å². The highest BCUT2D eigenvalue weighted by molar-refractivity contribution is 6.35. The summed E-state index contributed by atoms with van der Waals surface area (Å²) in [5, 5.41) is 3.32. The highest BCUT2D eigenvalue weighted by Crippen LogP contribution is 2.27. The number of ether oxygens (including phenoxy) is 1. The van der Waals surface area contributed by atoms with Gasteiger partial charge in [-0.3, -0.25) is 4.79 Å². The predicted molar refractivity (Wildman–Crippen MR) is 81.4 cm³/mol. The number of aromatic nitrogens is 2. The third-order valence-corrected chi connectivity index (χ3v) is 3.17. The van der Waals surface area contributed by atoms with E-state index in [1.54, 1.807) is 0 Å². The van der Waals surface area contributed by atoms with Crippen molar-refractivity contribution in [2.45, 2.75) is 20.0 Å². The molecule has 0 aliphatic rings. The van der Waals surface area contributed by atoms with Crippen molar-refractivity contribution in [3.63, 3.8) is 0 Å². The lowest BCUT2D eigenvalue weighted by molar-refractivity contribution is -0.145. The molecule has 3 N–H and O–H groups in total. The van der Waals surface area contributed by atoms with Crippen molar-refractivity contribution in [3.05, 3.63) is 41.2 Å². The number of halogens is 1. The zero-order valence-corrected chi connectivity index (χ0v) is 12.4. The van der Waals surface area contributed by atoms with Crippen molar-refractivity contribution in [2.75, 3.05) is 11.1 Å². The topological polar surface area (TPSA) is 90.1 Å². The number of hydrogen-bond acceptors (Lipinski definition) is 6. The summed E-state index contributed by atoms with van der Waals surface area (Å²) < 4.78 is 5.11. The van der Waals surface area contributed by atoms with Crippen molar-refractivity contribution < 1.29 is 9.53 Å². The summed E-state index contributed by atoms with van der Waals surface area (Å²) in [6.07, 6.45) is 1.04. The number of hydrogen-bond donors (Lipinski definition) is 2. The van der Waals surface area contributed by atoms with E-state index in [0.717, 1.165) is 11.3 Å². The lowest BCUT2D eigenvalue weighted by Gasteiger charge is -2.13. The van der Waals surface area contributed by atoms with Crippen LogP contribution >= 0.6 is 11.6 Å². The number of esters is 1.